The van der Waals surface area contributed by atoms with Crippen LogP contribution in [0.2, 0.25) is 0 Å². The molecule has 8 aromatic heterocycles. The minimum absolute atomic E-state index is 0.636. The first-order chi connectivity index (χ1) is 44.2. The fourth-order valence-electron chi connectivity index (χ4n) is 10.7. The molecule has 16 rings (SSSR count). The molecule has 0 bridgehead atoms. The number of rotatable bonds is 8. The summed E-state index contributed by atoms with van der Waals surface area (Å²) in [4.78, 5) is 17.2. The summed E-state index contributed by atoms with van der Waals surface area (Å²) >= 11 is 0. The van der Waals surface area contributed by atoms with E-state index in [0.29, 0.717) is 28.0 Å². The van der Waals surface area contributed by atoms with E-state index < -0.39 is 25.5 Å². The Hall–Kier alpha value is -10.4. The van der Waals surface area contributed by atoms with Crippen molar-refractivity contribution >= 4 is 88.0 Å². The quantitative estimate of drug-likeness (QED) is 0.148. The summed E-state index contributed by atoms with van der Waals surface area (Å²) in [5.41, 5.74) is 17.7. The van der Waals surface area contributed by atoms with Crippen molar-refractivity contribution in [2.45, 2.75) is 53.2 Å². The molecule has 0 aliphatic rings. The van der Waals surface area contributed by atoms with Crippen LogP contribution in [-0.4, -0.2) is 19.9 Å². The van der Waals surface area contributed by atoms with Gasteiger partial charge < -0.3 is 17.7 Å². The number of fused-ring (bicyclic) bond motifs is 12. The highest BCUT2D eigenvalue weighted by molar-refractivity contribution is 6.11. The standard InChI is InChI=1S/4C19H15NO/c1-2-13-8-10-14(11-9-13)15-5-3-6-16-17-7-4-12-20-19(17)21-18(15)16;1-2-13-6-8-14(9-7-13)15-4-3-5-17-16-10-11-20-12-18(16)21-19(15)17;1-2-13-7-9-14(10-8-13)16-11-20-12-17-15-5-3-4-6-18(15)21-19(16)17;1-2-13-7-9-14(10-8-13)15-11-12-20-18-16-5-3-4-6-17(16)21-19(15)18/h4*3-12H,2H2,1H3/i4*2D2. The number of aromatic nitrogens is 4. The van der Waals surface area contributed by atoms with E-state index in [2.05, 4.69) is 19.9 Å². The third-order valence-electron chi connectivity index (χ3n) is 15.1. The van der Waals surface area contributed by atoms with E-state index in [9.17, 15) is 0 Å². The van der Waals surface area contributed by atoms with Gasteiger partial charge in [0.2, 0.25) is 5.71 Å². The third kappa shape index (κ3) is 10.3. The van der Waals surface area contributed by atoms with Crippen LogP contribution in [-0.2, 0) is 25.5 Å². The maximum atomic E-state index is 7.79. The van der Waals surface area contributed by atoms with Crippen molar-refractivity contribution in [1.82, 2.24) is 19.9 Å². The van der Waals surface area contributed by atoms with Crippen LogP contribution in [0.5, 0.6) is 0 Å². The van der Waals surface area contributed by atoms with Crippen LogP contribution in [0.4, 0.5) is 0 Å². The summed E-state index contributed by atoms with van der Waals surface area (Å²) in [6.07, 6.45) is 5.26. The van der Waals surface area contributed by atoms with Gasteiger partial charge in [0.15, 0.2) is 11.2 Å². The molecule has 8 aromatic carbocycles. The predicted molar refractivity (Wildman–Crippen MR) is 345 cm³/mol. The van der Waals surface area contributed by atoms with Crippen LogP contribution in [0, 0.1) is 0 Å². The molecule has 8 nitrogen and oxygen atoms in total. The number of pyridine rings is 4. The lowest BCUT2D eigenvalue weighted by molar-refractivity contribution is 0.655. The Balaban J connectivity index is 0.000000112. The Kier molecular flexibility index (Phi) is 12.4. The summed E-state index contributed by atoms with van der Waals surface area (Å²) < 4.78 is 86.3. The van der Waals surface area contributed by atoms with E-state index in [1.54, 1.807) is 58.7 Å². The molecule has 0 radical (unpaired) electrons. The zero-order valence-electron chi connectivity index (χ0n) is 54.5. The molecule has 8 heterocycles. The summed E-state index contributed by atoms with van der Waals surface area (Å²) in [6.45, 7) is 6.25. The van der Waals surface area contributed by atoms with Gasteiger partial charge in [-0.2, -0.15) is 0 Å². The van der Waals surface area contributed by atoms with Crippen LogP contribution in [0.3, 0.4) is 0 Å². The molecule has 0 N–H and O–H groups in total. The number of hydrogen-bond acceptors (Lipinski definition) is 8. The number of aryl methyl sites for hydroxylation is 4. The maximum absolute atomic E-state index is 7.79. The fourth-order valence-corrected chi connectivity index (χ4v) is 10.7. The van der Waals surface area contributed by atoms with Gasteiger partial charge in [-0.05, 0) is 112 Å². The van der Waals surface area contributed by atoms with Gasteiger partial charge in [-0.25, -0.2) is 4.98 Å². The van der Waals surface area contributed by atoms with Gasteiger partial charge in [0.25, 0.3) is 0 Å². The lowest BCUT2D eigenvalue weighted by Crippen LogP contribution is -1.83. The van der Waals surface area contributed by atoms with Crippen molar-refractivity contribution in [3.05, 3.63) is 266 Å². The topological polar surface area (TPSA) is 104 Å². The zero-order chi connectivity index (χ0) is 64.1. The Bertz CT molecular complexity index is 4660. The molecule has 0 saturated heterocycles. The van der Waals surface area contributed by atoms with Crippen molar-refractivity contribution < 1.29 is 28.6 Å². The second-order valence-electron chi connectivity index (χ2n) is 19.9. The van der Waals surface area contributed by atoms with E-state index in [0.717, 1.165) is 127 Å². The summed E-state index contributed by atoms with van der Waals surface area (Å²) in [5.74, 6) is 0. The van der Waals surface area contributed by atoms with Gasteiger partial charge in [0, 0.05) is 102 Å². The highest BCUT2D eigenvalue weighted by Crippen LogP contribution is 2.39. The van der Waals surface area contributed by atoms with Crippen molar-refractivity contribution in [2.75, 3.05) is 0 Å². The third-order valence-corrected chi connectivity index (χ3v) is 15.1. The van der Waals surface area contributed by atoms with E-state index >= 15 is 0 Å². The monoisotopic (exact) mass is 1100 g/mol. The van der Waals surface area contributed by atoms with Crippen LogP contribution < -0.4 is 0 Å². The Morgan fingerprint density at radius 1 is 0.298 bits per heavy atom. The molecule has 0 saturated carbocycles. The summed E-state index contributed by atoms with van der Waals surface area (Å²) in [5, 5.41) is 7.22. The van der Waals surface area contributed by atoms with Crippen molar-refractivity contribution in [3.63, 3.8) is 0 Å². The van der Waals surface area contributed by atoms with Gasteiger partial charge in [0.05, 0.1) is 6.20 Å². The molecule has 0 amide bonds. The molecule has 0 spiro atoms. The molecular formula is C76H60N4O4. The van der Waals surface area contributed by atoms with Crippen LogP contribution in [0.1, 0.15) is 60.9 Å². The van der Waals surface area contributed by atoms with E-state index in [-0.39, 0.29) is 0 Å². The molecule has 0 aliphatic heterocycles. The van der Waals surface area contributed by atoms with Gasteiger partial charge in [-0.15, -0.1) is 0 Å². The molecule has 8 heteroatoms. The predicted octanol–water partition coefficient (Wildman–Crippen LogP) is 20.8. The number of hydrogen-bond donors (Lipinski definition) is 0. The normalized spacial score (nSPS) is 13.4. The van der Waals surface area contributed by atoms with Crippen molar-refractivity contribution in [3.8, 4) is 44.5 Å². The Morgan fingerprint density at radius 2 is 0.750 bits per heavy atom. The second-order valence-corrected chi connectivity index (χ2v) is 19.9. The SMILES string of the molecule is [2H]C([2H])(C)c1ccc(-c2cccc3c2oc2cnccc23)cc1.[2H]C([2H])(C)c1ccc(-c2cccc3c2oc2ncccc23)cc1.[2H]C([2H])(C)c1ccc(-c2ccnc3c2oc2ccccc23)cc1.[2H]C([2H])(C)c1ccc(-c2cncc3c2oc2ccccc23)cc1. The largest absolute Gasteiger partial charge is 0.455 e. The maximum Gasteiger partial charge on any atom is 0.227 e. The average Bonchev–Trinajstić information content (AvgIpc) is 1.77. The second kappa shape index (κ2) is 23.6. The lowest BCUT2D eigenvalue weighted by atomic mass is 10.0. The number of benzene rings is 8. The summed E-state index contributed by atoms with van der Waals surface area (Å²) in [7, 11) is 0. The van der Waals surface area contributed by atoms with Crippen LogP contribution in [0.25, 0.3) is 133 Å². The van der Waals surface area contributed by atoms with Gasteiger partial charge in [0.1, 0.15) is 33.4 Å². The highest BCUT2D eigenvalue weighted by Gasteiger charge is 2.16. The highest BCUT2D eigenvalue weighted by atomic mass is 16.3. The first-order valence-corrected chi connectivity index (χ1v) is 27.6. The molecule has 408 valence electrons. The molecule has 16 aromatic rings. The zero-order valence-corrected chi connectivity index (χ0v) is 46.5. The fraction of sp³-hybridized carbons (Fsp3) is 0.105. The molecular weight excluding hydrogens is 1030 g/mol. The Labute approximate surface area is 498 Å². The molecule has 0 aliphatic carbocycles. The molecule has 0 unspecified atom stereocenters. The van der Waals surface area contributed by atoms with Crippen LogP contribution in [0.15, 0.2) is 261 Å². The van der Waals surface area contributed by atoms with E-state index in [4.69, 9.17) is 28.6 Å². The first-order valence-electron chi connectivity index (χ1n) is 31.6. The first kappa shape index (κ1) is 44.2. The number of furan rings is 4. The lowest BCUT2D eigenvalue weighted by Gasteiger charge is -2.04. The summed E-state index contributed by atoms with van der Waals surface area (Å²) in [6, 6.07) is 65.8. The van der Waals surface area contributed by atoms with E-state index in [1.807, 2.05) is 212 Å². The molecule has 84 heavy (non-hydrogen) atoms. The number of nitrogens with zero attached hydrogens (tertiary/aromatic N) is 4. The Morgan fingerprint density at radius 3 is 1.35 bits per heavy atom. The molecule has 0 fully saturated rings. The van der Waals surface area contributed by atoms with Gasteiger partial charge in [-0.1, -0.05) is 191 Å². The van der Waals surface area contributed by atoms with Gasteiger partial charge in [-0.3, -0.25) is 15.0 Å². The van der Waals surface area contributed by atoms with Crippen molar-refractivity contribution in [1.29, 1.82) is 0 Å². The molecule has 0 atom stereocenters. The van der Waals surface area contributed by atoms with Crippen molar-refractivity contribution in [2.24, 2.45) is 0 Å². The van der Waals surface area contributed by atoms with Gasteiger partial charge >= 0.3 is 0 Å². The minimum Gasteiger partial charge on any atom is -0.455 e. The average molecular weight is 1100 g/mol. The minimum atomic E-state index is -1.35. The van der Waals surface area contributed by atoms with Crippen LogP contribution >= 0.6 is 0 Å². The van der Waals surface area contributed by atoms with E-state index in [1.165, 1.54) is 0 Å². The smallest absolute Gasteiger partial charge is 0.227 e. The number of para-hydroxylation sites is 4.